The standard InChI is InChI=1S/C33H21.C31H29.2CH3.Zr/c1-3-11-28-22(7-1)9-5-13-30(28)24-15-17-32-26(19-24)21-27-20-25(16-18-33(27)32)31-14-6-10-23-8-2-4-12-29(23)31;1-18-11-20(3)30(21(4)12-18)24-7-9-28-26(15-24)17-27-16-25(8-10-29(27)28)31-22(5)13-19(2)14-23(31)6;;;/h1-21H;7-17H,1-6H3;2*1H3;. The van der Waals surface area contributed by atoms with Crippen molar-refractivity contribution in [2.24, 2.45) is 0 Å². The Labute approximate surface area is 401 Å². The van der Waals surface area contributed by atoms with E-state index >= 15 is 0 Å². The molecule has 67 heavy (non-hydrogen) atoms. The summed E-state index contributed by atoms with van der Waals surface area (Å²) in [5, 5.41) is 5.17. The summed E-state index contributed by atoms with van der Waals surface area (Å²) in [5.41, 5.74) is 30.3. The van der Waals surface area contributed by atoms with Gasteiger partial charge in [-0.3, -0.25) is 0 Å². The minimum absolute atomic E-state index is 0.297. The van der Waals surface area contributed by atoms with Crippen LogP contribution in [-0.4, -0.2) is 0 Å². The first-order valence-corrected chi connectivity index (χ1v) is 31.9. The molecule has 0 N–H and O–H groups in total. The second-order valence-corrected chi connectivity index (χ2v) is 32.3. The Morgan fingerprint density at radius 2 is 0.612 bits per heavy atom. The number of rotatable bonds is 6. The number of aryl methyl sites for hydroxylation is 6. The van der Waals surface area contributed by atoms with E-state index in [4.69, 9.17) is 0 Å². The first kappa shape index (κ1) is 42.0. The quantitative estimate of drug-likeness (QED) is 0.156. The first-order chi connectivity index (χ1) is 32.4. The molecule has 0 atom stereocenters. The third kappa shape index (κ3) is 6.72. The van der Waals surface area contributed by atoms with Crippen LogP contribution in [-0.2, 0) is 20.3 Å². The van der Waals surface area contributed by atoms with Gasteiger partial charge in [0.15, 0.2) is 0 Å². The van der Waals surface area contributed by atoms with Crippen molar-refractivity contribution in [1.29, 1.82) is 0 Å². The van der Waals surface area contributed by atoms with Crippen molar-refractivity contribution in [3.63, 3.8) is 0 Å². The molecule has 0 spiro atoms. The van der Waals surface area contributed by atoms with Crippen LogP contribution in [0.2, 0.25) is 9.26 Å². The SMILES string of the molecule is Cc1cc(C)c(-c2ccc3c(c2)[CH]([Zr]([CH3])([CH3])[CH]2c4cc(-c5cccc6ccccc56)ccc4-c4ccc(-c5cccc6ccccc56)cc42)c2cc(-c4c(C)cc(C)cc4C)ccc2-3)c(C)c1. The molecule has 0 bridgehead atoms. The van der Waals surface area contributed by atoms with Gasteiger partial charge in [0.2, 0.25) is 0 Å². The molecule has 0 fully saturated rings. The number of fused-ring (bicyclic) bond motifs is 8. The van der Waals surface area contributed by atoms with Crippen LogP contribution in [0.25, 0.3) is 88.3 Å². The van der Waals surface area contributed by atoms with Crippen molar-refractivity contribution in [2.45, 2.75) is 58.1 Å². The van der Waals surface area contributed by atoms with E-state index in [0.717, 1.165) is 0 Å². The van der Waals surface area contributed by atoms with Crippen molar-refractivity contribution >= 4 is 21.5 Å². The molecular weight excluding hydrogens is 884 g/mol. The summed E-state index contributed by atoms with van der Waals surface area (Å²) in [5.74, 6) is 0. The molecule has 2 aliphatic rings. The van der Waals surface area contributed by atoms with Crippen molar-refractivity contribution in [1.82, 2.24) is 0 Å². The molecular formula is C66H56Zr. The van der Waals surface area contributed by atoms with Gasteiger partial charge in [-0.1, -0.05) is 0 Å². The zero-order chi connectivity index (χ0) is 45.9. The van der Waals surface area contributed by atoms with Gasteiger partial charge in [-0.15, -0.1) is 0 Å². The fourth-order valence-electron chi connectivity index (χ4n) is 13.2. The molecule has 324 valence electrons. The van der Waals surface area contributed by atoms with Crippen LogP contribution in [0.5, 0.6) is 0 Å². The fraction of sp³-hybridized carbons (Fsp3) is 0.152. The monoisotopic (exact) mass is 938 g/mol. The maximum absolute atomic E-state index is 3.66. The van der Waals surface area contributed by atoms with E-state index in [1.807, 2.05) is 0 Å². The Morgan fingerprint density at radius 3 is 0.985 bits per heavy atom. The Hall–Kier alpha value is -6.40. The van der Waals surface area contributed by atoms with Gasteiger partial charge in [-0.2, -0.15) is 0 Å². The molecule has 0 radical (unpaired) electrons. The first-order valence-electron chi connectivity index (χ1n) is 24.1. The number of benzene rings is 10. The zero-order valence-corrected chi connectivity index (χ0v) is 42.4. The predicted octanol–water partition coefficient (Wildman–Crippen LogP) is 18.6. The topological polar surface area (TPSA) is 0 Å². The Morgan fingerprint density at radius 1 is 0.299 bits per heavy atom. The summed E-state index contributed by atoms with van der Waals surface area (Å²) in [4.78, 5) is 0. The van der Waals surface area contributed by atoms with Crippen LogP contribution in [0.1, 0.15) is 62.9 Å². The number of hydrogen-bond acceptors (Lipinski definition) is 0. The van der Waals surface area contributed by atoms with Gasteiger partial charge >= 0.3 is 404 Å². The summed E-state index contributed by atoms with van der Waals surface area (Å²) in [7, 11) is 0. The van der Waals surface area contributed by atoms with Crippen LogP contribution < -0.4 is 0 Å². The van der Waals surface area contributed by atoms with E-state index in [2.05, 4.69) is 233 Å². The van der Waals surface area contributed by atoms with E-state index in [9.17, 15) is 0 Å². The Bertz CT molecular complexity index is 3400. The summed E-state index contributed by atoms with van der Waals surface area (Å²) in [6.07, 6.45) is 0. The van der Waals surface area contributed by atoms with Crippen molar-refractivity contribution in [3.8, 4) is 66.8 Å². The molecule has 0 aliphatic heterocycles. The molecule has 10 aromatic carbocycles. The van der Waals surface area contributed by atoms with Crippen LogP contribution in [0.4, 0.5) is 0 Å². The van der Waals surface area contributed by atoms with Gasteiger partial charge in [0.25, 0.3) is 0 Å². The van der Waals surface area contributed by atoms with E-state index in [0.29, 0.717) is 7.25 Å². The van der Waals surface area contributed by atoms with Crippen molar-refractivity contribution < 1.29 is 20.3 Å². The molecule has 12 rings (SSSR count). The molecule has 0 saturated carbocycles. The Kier molecular flexibility index (Phi) is 9.94. The number of hydrogen-bond donors (Lipinski definition) is 0. The summed E-state index contributed by atoms with van der Waals surface area (Å²) < 4.78 is 6.19. The zero-order valence-electron chi connectivity index (χ0n) is 40.0. The average molecular weight is 940 g/mol. The second-order valence-electron chi connectivity index (χ2n) is 20.5. The average Bonchev–Trinajstić information content (AvgIpc) is 3.83. The fourth-order valence-corrected chi connectivity index (χ4v) is 24.2. The van der Waals surface area contributed by atoms with Crippen LogP contribution in [0.15, 0.2) is 182 Å². The van der Waals surface area contributed by atoms with Gasteiger partial charge in [0.05, 0.1) is 0 Å². The normalized spacial score (nSPS) is 13.3. The van der Waals surface area contributed by atoms with E-state index in [1.54, 1.807) is 0 Å². The van der Waals surface area contributed by atoms with Crippen LogP contribution in [0, 0.1) is 41.5 Å². The van der Waals surface area contributed by atoms with E-state index < -0.39 is 20.3 Å². The van der Waals surface area contributed by atoms with Crippen LogP contribution >= 0.6 is 0 Å². The summed E-state index contributed by atoms with van der Waals surface area (Å²) in [6, 6.07) is 70.7. The van der Waals surface area contributed by atoms with Gasteiger partial charge < -0.3 is 0 Å². The third-order valence-corrected chi connectivity index (χ3v) is 26.0. The van der Waals surface area contributed by atoms with Crippen molar-refractivity contribution in [2.75, 3.05) is 0 Å². The third-order valence-electron chi connectivity index (χ3n) is 15.7. The molecule has 0 amide bonds. The molecule has 0 nitrogen and oxygen atoms in total. The van der Waals surface area contributed by atoms with Gasteiger partial charge in [-0.05, 0) is 0 Å². The molecule has 0 aromatic heterocycles. The second kappa shape index (κ2) is 15.9. The predicted molar refractivity (Wildman–Crippen MR) is 284 cm³/mol. The van der Waals surface area contributed by atoms with Gasteiger partial charge in [-0.25, -0.2) is 0 Å². The van der Waals surface area contributed by atoms with Crippen molar-refractivity contribution in [3.05, 3.63) is 238 Å². The van der Waals surface area contributed by atoms with E-state index in [-0.39, 0.29) is 0 Å². The molecule has 0 saturated heterocycles. The van der Waals surface area contributed by atoms with Gasteiger partial charge in [0.1, 0.15) is 0 Å². The molecule has 1 heteroatoms. The van der Waals surface area contributed by atoms with Gasteiger partial charge in [0, 0.05) is 0 Å². The molecule has 0 heterocycles. The molecule has 0 unspecified atom stereocenters. The summed E-state index contributed by atoms with van der Waals surface area (Å²) in [6.45, 7) is 13.6. The Balaban J connectivity index is 1.11. The molecule has 10 aromatic rings. The minimum atomic E-state index is -3.66. The molecule has 2 aliphatic carbocycles. The maximum atomic E-state index is 2.79. The van der Waals surface area contributed by atoms with E-state index in [1.165, 1.54) is 144 Å². The summed E-state index contributed by atoms with van der Waals surface area (Å²) >= 11 is -3.66. The van der Waals surface area contributed by atoms with Crippen LogP contribution in [0.3, 0.4) is 0 Å².